The van der Waals surface area contributed by atoms with Crippen LogP contribution in [0.3, 0.4) is 0 Å². The predicted octanol–water partition coefficient (Wildman–Crippen LogP) is 1.42. The van der Waals surface area contributed by atoms with Crippen LogP contribution in [0.2, 0.25) is 0 Å². The summed E-state index contributed by atoms with van der Waals surface area (Å²) in [6, 6.07) is 3.09. The zero-order valence-corrected chi connectivity index (χ0v) is 12.1. The Kier molecular flexibility index (Phi) is 4.44. The van der Waals surface area contributed by atoms with Gasteiger partial charge < -0.3 is 19.5 Å². The van der Waals surface area contributed by atoms with Gasteiger partial charge in [-0.25, -0.2) is 4.79 Å². The molecule has 1 N–H and O–H groups in total. The van der Waals surface area contributed by atoms with E-state index < -0.39 is 0 Å². The van der Waals surface area contributed by atoms with Gasteiger partial charge in [0.1, 0.15) is 5.69 Å². The maximum Gasteiger partial charge on any atom is 0.322 e. The molecule has 0 unspecified atom stereocenters. The molecule has 2 heterocycles. The van der Waals surface area contributed by atoms with Gasteiger partial charge in [0.05, 0.1) is 12.2 Å². The van der Waals surface area contributed by atoms with E-state index in [2.05, 4.69) is 5.32 Å². The molecule has 20 heavy (non-hydrogen) atoms. The third kappa shape index (κ3) is 3.19. The molecule has 0 aliphatic carbocycles. The number of hydrogen-bond donors (Lipinski definition) is 1. The van der Waals surface area contributed by atoms with Gasteiger partial charge in [0.2, 0.25) is 0 Å². The van der Waals surface area contributed by atoms with Crippen LogP contribution in [-0.2, 0) is 11.8 Å². The van der Waals surface area contributed by atoms with Gasteiger partial charge in [-0.3, -0.25) is 4.79 Å². The molecule has 6 heteroatoms. The van der Waals surface area contributed by atoms with Gasteiger partial charge >= 0.3 is 6.03 Å². The molecule has 6 nitrogen and oxygen atoms in total. The Labute approximate surface area is 118 Å². The van der Waals surface area contributed by atoms with E-state index in [0.717, 1.165) is 6.42 Å². The lowest BCUT2D eigenvalue weighted by Crippen LogP contribution is -2.50. The molecule has 2 amide bonds. The molecule has 1 saturated heterocycles. The number of nitrogens with one attached hydrogen (secondary N) is 1. The Balaban J connectivity index is 2.08. The number of carbonyl (C=O) groups is 1. The van der Waals surface area contributed by atoms with E-state index in [4.69, 9.17) is 4.74 Å². The number of pyridine rings is 1. The second-order valence-corrected chi connectivity index (χ2v) is 5.15. The molecular formula is C14H21N3O3. The van der Waals surface area contributed by atoms with Gasteiger partial charge in [-0.15, -0.1) is 0 Å². The van der Waals surface area contributed by atoms with E-state index in [1.165, 1.54) is 4.57 Å². The van der Waals surface area contributed by atoms with Gasteiger partial charge in [-0.2, -0.15) is 0 Å². The smallest absolute Gasteiger partial charge is 0.322 e. The number of urea groups is 1. The lowest BCUT2D eigenvalue weighted by Gasteiger charge is -2.36. The van der Waals surface area contributed by atoms with Crippen LogP contribution < -0.4 is 10.9 Å². The Morgan fingerprint density at radius 2 is 2.25 bits per heavy atom. The van der Waals surface area contributed by atoms with Crippen LogP contribution in [0, 0.1) is 0 Å². The summed E-state index contributed by atoms with van der Waals surface area (Å²) in [5.74, 6) is 0. The highest BCUT2D eigenvalue weighted by Crippen LogP contribution is 2.14. The van der Waals surface area contributed by atoms with E-state index in [1.54, 1.807) is 30.3 Å². The van der Waals surface area contributed by atoms with Crippen molar-refractivity contribution in [2.45, 2.75) is 32.5 Å². The number of aryl methyl sites for hydroxylation is 1. The van der Waals surface area contributed by atoms with Crippen LogP contribution in [0.4, 0.5) is 10.5 Å². The van der Waals surface area contributed by atoms with Crippen molar-refractivity contribution in [1.82, 2.24) is 9.47 Å². The fourth-order valence-corrected chi connectivity index (χ4v) is 2.32. The van der Waals surface area contributed by atoms with Gasteiger partial charge in [0, 0.05) is 26.3 Å². The fraction of sp³-hybridized carbons (Fsp3) is 0.571. The van der Waals surface area contributed by atoms with Gasteiger partial charge in [0.15, 0.2) is 0 Å². The van der Waals surface area contributed by atoms with E-state index in [9.17, 15) is 9.59 Å². The summed E-state index contributed by atoms with van der Waals surface area (Å²) in [6.07, 6.45) is 2.59. The Morgan fingerprint density at radius 3 is 2.95 bits per heavy atom. The van der Waals surface area contributed by atoms with E-state index in [1.807, 2.05) is 13.8 Å². The second-order valence-electron chi connectivity index (χ2n) is 5.15. The number of ether oxygens (including phenoxy) is 1. The summed E-state index contributed by atoms with van der Waals surface area (Å²) in [5, 5.41) is 2.68. The standard InChI is InChI=1S/C14H21N3O3/c1-4-11-9-17(8-10(2)20-11)14(19)15-12-6-5-7-16(3)13(12)18/h5-7,10-11H,4,8-9H2,1-3H3,(H,15,19)/t10-,11+/m0/s1. The number of rotatable bonds is 2. The Hall–Kier alpha value is -1.82. The lowest BCUT2D eigenvalue weighted by molar-refractivity contribution is -0.0632. The predicted molar refractivity (Wildman–Crippen MR) is 76.9 cm³/mol. The average molecular weight is 279 g/mol. The SMILES string of the molecule is CC[C@@H]1CN(C(=O)Nc2cccn(C)c2=O)C[C@H](C)O1. The molecular weight excluding hydrogens is 258 g/mol. The molecule has 1 aliphatic rings. The van der Waals surface area contributed by atoms with Crippen molar-refractivity contribution in [3.63, 3.8) is 0 Å². The summed E-state index contributed by atoms with van der Waals surface area (Å²) in [5.41, 5.74) is 0.0846. The van der Waals surface area contributed by atoms with Crippen LogP contribution in [0.1, 0.15) is 20.3 Å². The summed E-state index contributed by atoms with van der Waals surface area (Å²) in [6.45, 7) is 5.07. The van der Waals surface area contributed by atoms with Crippen molar-refractivity contribution >= 4 is 11.7 Å². The van der Waals surface area contributed by atoms with Crippen molar-refractivity contribution in [2.24, 2.45) is 7.05 Å². The molecule has 0 radical (unpaired) electrons. The molecule has 0 spiro atoms. The molecule has 2 rings (SSSR count). The van der Waals surface area contributed by atoms with E-state index >= 15 is 0 Å². The second kappa shape index (κ2) is 6.09. The van der Waals surface area contributed by atoms with Crippen LogP contribution in [0.5, 0.6) is 0 Å². The van der Waals surface area contributed by atoms with Crippen LogP contribution >= 0.6 is 0 Å². The van der Waals surface area contributed by atoms with Crippen molar-refractivity contribution in [2.75, 3.05) is 18.4 Å². The summed E-state index contributed by atoms with van der Waals surface area (Å²) in [7, 11) is 1.65. The Bertz CT molecular complexity index is 541. The van der Waals surface area contributed by atoms with Gasteiger partial charge in [-0.05, 0) is 25.5 Å². The third-order valence-electron chi connectivity index (χ3n) is 3.43. The zero-order chi connectivity index (χ0) is 14.7. The van der Waals surface area contributed by atoms with Crippen molar-refractivity contribution in [1.29, 1.82) is 0 Å². The largest absolute Gasteiger partial charge is 0.372 e. The quantitative estimate of drug-likeness (QED) is 0.890. The molecule has 0 aromatic carbocycles. The summed E-state index contributed by atoms with van der Waals surface area (Å²) in [4.78, 5) is 25.8. The first kappa shape index (κ1) is 14.6. The van der Waals surface area contributed by atoms with E-state index in [0.29, 0.717) is 18.8 Å². The number of nitrogens with zero attached hydrogens (tertiary/aromatic N) is 2. The third-order valence-corrected chi connectivity index (χ3v) is 3.43. The monoisotopic (exact) mass is 279 g/mol. The number of anilines is 1. The van der Waals surface area contributed by atoms with Crippen LogP contribution in [-0.4, -0.2) is 40.8 Å². The van der Waals surface area contributed by atoms with Crippen molar-refractivity contribution in [3.8, 4) is 0 Å². The van der Waals surface area contributed by atoms with Crippen LogP contribution in [0.15, 0.2) is 23.1 Å². The highest BCUT2D eigenvalue weighted by Gasteiger charge is 2.27. The van der Waals surface area contributed by atoms with E-state index in [-0.39, 0.29) is 23.8 Å². The molecule has 110 valence electrons. The maximum atomic E-state index is 12.2. The summed E-state index contributed by atoms with van der Waals surface area (Å²) < 4.78 is 7.16. The zero-order valence-electron chi connectivity index (χ0n) is 12.1. The molecule has 1 aromatic heterocycles. The van der Waals surface area contributed by atoms with Crippen molar-refractivity contribution in [3.05, 3.63) is 28.7 Å². The number of aromatic nitrogens is 1. The molecule has 1 aliphatic heterocycles. The minimum atomic E-state index is -0.248. The topological polar surface area (TPSA) is 63.6 Å². The van der Waals surface area contributed by atoms with Gasteiger partial charge in [-0.1, -0.05) is 6.92 Å². The first-order valence-electron chi connectivity index (χ1n) is 6.88. The Morgan fingerprint density at radius 1 is 1.50 bits per heavy atom. The number of hydrogen-bond acceptors (Lipinski definition) is 3. The highest BCUT2D eigenvalue weighted by molar-refractivity contribution is 5.89. The first-order valence-corrected chi connectivity index (χ1v) is 6.88. The molecule has 0 bridgehead atoms. The van der Waals surface area contributed by atoms with Gasteiger partial charge in [0.25, 0.3) is 5.56 Å². The molecule has 2 atom stereocenters. The number of amides is 2. The highest BCUT2D eigenvalue weighted by atomic mass is 16.5. The lowest BCUT2D eigenvalue weighted by atomic mass is 10.2. The average Bonchev–Trinajstić information content (AvgIpc) is 2.43. The molecule has 0 saturated carbocycles. The number of morpholine rings is 1. The van der Waals surface area contributed by atoms with Crippen LogP contribution in [0.25, 0.3) is 0 Å². The first-order chi connectivity index (χ1) is 9.51. The minimum Gasteiger partial charge on any atom is -0.372 e. The minimum absolute atomic E-state index is 0.0121. The normalized spacial score (nSPS) is 22.6. The van der Waals surface area contributed by atoms with Crippen molar-refractivity contribution < 1.29 is 9.53 Å². The molecule has 1 aromatic rings. The summed E-state index contributed by atoms with van der Waals surface area (Å²) >= 11 is 0. The fourth-order valence-electron chi connectivity index (χ4n) is 2.32. The molecule has 1 fully saturated rings. The maximum absolute atomic E-state index is 12.2. The number of carbonyl (C=O) groups excluding carboxylic acids is 1.